The second-order valence-corrected chi connectivity index (χ2v) is 17.2. The molecule has 1 heterocycles. The Morgan fingerprint density at radius 1 is 0.359 bits per heavy atom. The first-order valence-electron chi connectivity index (χ1n) is 24.0. The van der Waals surface area contributed by atoms with Crippen molar-refractivity contribution < 1.29 is 6.85 Å². The summed E-state index contributed by atoms with van der Waals surface area (Å²) in [5.74, 6) is 0. The van der Waals surface area contributed by atoms with Crippen molar-refractivity contribution in [2.45, 2.75) is 5.41 Å². The minimum atomic E-state index is -1.35. The Morgan fingerprint density at radius 2 is 0.875 bits per heavy atom. The van der Waals surface area contributed by atoms with Gasteiger partial charge in [-0.25, -0.2) is 0 Å². The first-order chi connectivity index (χ1) is 33.8. The van der Waals surface area contributed by atoms with Gasteiger partial charge in [-0.1, -0.05) is 170 Å². The molecule has 10 aromatic carbocycles. The van der Waals surface area contributed by atoms with Crippen LogP contribution in [-0.2, 0) is 5.41 Å². The van der Waals surface area contributed by atoms with Gasteiger partial charge in [-0.3, -0.25) is 0 Å². The molecule has 0 saturated heterocycles. The van der Waals surface area contributed by atoms with E-state index < -0.39 is 11.5 Å². The van der Waals surface area contributed by atoms with Crippen LogP contribution in [0.5, 0.6) is 0 Å². The van der Waals surface area contributed by atoms with E-state index in [2.05, 4.69) is 186 Å². The van der Waals surface area contributed by atoms with Crippen LogP contribution >= 0.6 is 11.3 Å². The molecule has 0 bridgehead atoms. The minimum Gasteiger partial charge on any atom is -0.310 e. The Balaban J connectivity index is 1.21. The summed E-state index contributed by atoms with van der Waals surface area (Å²) in [5.41, 5.74) is 11.0. The van der Waals surface area contributed by atoms with Crippen molar-refractivity contribution in [3.8, 4) is 22.3 Å². The highest BCUT2D eigenvalue weighted by atomic mass is 32.1. The molecule has 0 radical (unpaired) electrons. The summed E-state index contributed by atoms with van der Waals surface area (Å²) < 4.78 is 49.0. The quantitative estimate of drug-likeness (QED) is 0.143. The number of benzene rings is 10. The van der Waals surface area contributed by atoms with Gasteiger partial charge in [-0.15, -0.1) is 11.3 Å². The van der Waals surface area contributed by atoms with E-state index in [1.165, 1.54) is 0 Å². The van der Waals surface area contributed by atoms with Crippen LogP contribution < -0.4 is 9.80 Å². The fourth-order valence-electron chi connectivity index (χ4n) is 9.85. The molecule has 1 aliphatic carbocycles. The van der Waals surface area contributed by atoms with E-state index in [1.807, 2.05) is 48.5 Å². The number of thiophene rings is 1. The van der Waals surface area contributed by atoms with Gasteiger partial charge in [-0.05, 0) is 124 Å². The molecular weight excluding hydrogens is 793 g/mol. The smallest absolute Gasteiger partial charge is 0.0713 e. The molecule has 0 spiro atoms. The fraction of sp³-hybridized carbons (Fsp3) is 0.0164. The summed E-state index contributed by atoms with van der Waals surface area (Å²) >= 11 is 1.72. The molecule has 1 unspecified atom stereocenters. The van der Waals surface area contributed by atoms with Gasteiger partial charge >= 0.3 is 0 Å². The number of para-hydroxylation sites is 4. The average molecular weight is 840 g/mol. The van der Waals surface area contributed by atoms with Crippen molar-refractivity contribution in [2.75, 3.05) is 9.80 Å². The largest absolute Gasteiger partial charge is 0.310 e. The number of nitrogens with zero attached hydrogens (tertiary/aromatic N) is 2. The lowest BCUT2D eigenvalue weighted by molar-refractivity contribution is 0.770. The summed E-state index contributed by atoms with van der Waals surface area (Å²) in [7, 11) is 0. The van der Waals surface area contributed by atoms with Gasteiger partial charge in [0, 0.05) is 54.2 Å². The lowest BCUT2D eigenvalue weighted by atomic mass is 9.67. The highest BCUT2D eigenvalue weighted by molar-refractivity contribution is 7.25. The van der Waals surface area contributed by atoms with Gasteiger partial charge in [0.1, 0.15) is 0 Å². The summed E-state index contributed by atoms with van der Waals surface area (Å²) in [6.07, 6.45) is 0. The lowest BCUT2D eigenvalue weighted by Gasteiger charge is -2.35. The first kappa shape index (κ1) is 32.7. The SMILES string of the molecule is [2H]c1c([2H])c([2H])c(C2(c3ccc4sc5ccccc5c4c3)c3ccc(N(c4ccccc4)c4ccccc4)cc3-c3cc(N(c4ccccc4)c4ccccc4-c4ccccc4)ccc32)c([2H])c1[2H]. The molecule has 3 heteroatoms. The number of hydrogen-bond acceptors (Lipinski definition) is 3. The molecule has 0 fully saturated rings. The zero-order chi connectivity index (χ0) is 46.8. The summed E-state index contributed by atoms with van der Waals surface area (Å²) in [4.78, 5) is 4.53. The van der Waals surface area contributed by atoms with Crippen LogP contribution in [0.1, 0.15) is 29.1 Å². The molecule has 11 aromatic rings. The molecule has 0 amide bonds. The molecule has 12 rings (SSSR count). The second kappa shape index (κ2) is 15.7. The lowest BCUT2D eigenvalue weighted by Crippen LogP contribution is -2.28. The maximum absolute atomic E-state index is 9.81. The van der Waals surface area contributed by atoms with E-state index in [-0.39, 0.29) is 29.7 Å². The number of anilines is 6. The summed E-state index contributed by atoms with van der Waals surface area (Å²) in [6.45, 7) is 0. The zero-order valence-electron chi connectivity index (χ0n) is 39.7. The van der Waals surface area contributed by atoms with Crippen molar-refractivity contribution in [2.24, 2.45) is 0 Å². The summed E-state index contributed by atoms with van der Waals surface area (Å²) in [6, 6.07) is 76.0. The predicted molar refractivity (Wildman–Crippen MR) is 271 cm³/mol. The maximum atomic E-state index is 9.81. The Bertz CT molecular complexity index is 3680. The number of hydrogen-bond donors (Lipinski definition) is 0. The normalized spacial score (nSPS) is 15.1. The molecule has 302 valence electrons. The molecule has 0 saturated carbocycles. The van der Waals surface area contributed by atoms with E-state index in [0.717, 1.165) is 93.2 Å². The number of rotatable bonds is 9. The zero-order valence-corrected chi connectivity index (χ0v) is 35.5. The van der Waals surface area contributed by atoms with Crippen molar-refractivity contribution in [1.29, 1.82) is 0 Å². The van der Waals surface area contributed by atoms with E-state index in [4.69, 9.17) is 1.37 Å². The average Bonchev–Trinajstić information content (AvgIpc) is 3.92. The van der Waals surface area contributed by atoms with Gasteiger partial charge in [-0.2, -0.15) is 0 Å². The minimum absolute atomic E-state index is 0.213. The third-order valence-electron chi connectivity index (χ3n) is 12.6. The van der Waals surface area contributed by atoms with Crippen LogP contribution in [-0.4, -0.2) is 0 Å². The highest BCUT2D eigenvalue weighted by Gasteiger charge is 2.47. The topological polar surface area (TPSA) is 6.48 Å². The Hall–Kier alpha value is -7.98. The third-order valence-corrected chi connectivity index (χ3v) is 13.7. The molecule has 2 nitrogen and oxygen atoms in total. The molecule has 1 atom stereocenters. The van der Waals surface area contributed by atoms with Crippen LogP contribution in [0.3, 0.4) is 0 Å². The summed E-state index contributed by atoms with van der Waals surface area (Å²) in [5, 5.41) is 2.16. The van der Waals surface area contributed by atoms with E-state index in [0.29, 0.717) is 0 Å². The molecule has 1 aromatic heterocycles. The van der Waals surface area contributed by atoms with Crippen LogP contribution in [0.25, 0.3) is 42.4 Å². The standard InChI is InChI=1S/C61H42N2S/c1-6-20-43(21-7-1)51-30-16-18-32-58(51)63(48-28-14-5-15-29-48)50-36-38-57-54(42-50)53-41-49(62(46-24-10-3-11-25-46)47-26-12-4-13-27-47)35-37-56(53)61(57,44-22-8-2-9-23-44)45-34-39-60-55(40-45)52-31-17-19-33-59(52)64-60/h1-42H/i2D,8D,9D,22D,23D. The molecular formula is C61H42N2S. The van der Waals surface area contributed by atoms with Crippen molar-refractivity contribution in [3.63, 3.8) is 0 Å². The first-order valence-corrected chi connectivity index (χ1v) is 22.3. The fourth-order valence-corrected chi connectivity index (χ4v) is 10.9. The molecule has 64 heavy (non-hydrogen) atoms. The van der Waals surface area contributed by atoms with Gasteiger partial charge < -0.3 is 9.80 Å². The highest BCUT2D eigenvalue weighted by Crippen LogP contribution is 2.59. The van der Waals surface area contributed by atoms with Crippen LogP contribution in [0.2, 0.25) is 0 Å². The molecule has 0 aliphatic heterocycles. The van der Waals surface area contributed by atoms with Gasteiger partial charge in [0.25, 0.3) is 0 Å². The third kappa shape index (κ3) is 6.16. The molecule has 1 aliphatic rings. The van der Waals surface area contributed by atoms with Crippen LogP contribution in [0, 0.1) is 0 Å². The molecule has 0 N–H and O–H groups in total. The van der Waals surface area contributed by atoms with Crippen molar-refractivity contribution in [3.05, 3.63) is 277 Å². The van der Waals surface area contributed by atoms with Crippen LogP contribution in [0.4, 0.5) is 34.1 Å². The van der Waals surface area contributed by atoms with E-state index >= 15 is 0 Å². The predicted octanol–water partition coefficient (Wildman–Crippen LogP) is 17.0. The van der Waals surface area contributed by atoms with Crippen LogP contribution in [0.15, 0.2) is 255 Å². The Kier molecular flexibility index (Phi) is 8.04. The van der Waals surface area contributed by atoms with E-state index in [9.17, 15) is 5.48 Å². The number of fused-ring (bicyclic) bond motifs is 6. The van der Waals surface area contributed by atoms with Crippen molar-refractivity contribution >= 4 is 65.6 Å². The van der Waals surface area contributed by atoms with E-state index in [1.54, 1.807) is 11.3 Å². The van der Waals surface area contributed by atoms with Gasteiger partial charge in [0.15, 0.2) is 0 Å². The van der Waals surface area contributed by atoms with Gasteiger partial charge in [0.05, 0.1) is 18.0 Å². The maximum Gasteiger partial charge on any atom is 0.0713 e. The van der Waals surface area contributed by atoms with Crippen molar-refractivity contribution in [1.82, 2.24) is 0 Å². The van der Waals surface area contributed by atoms with Gasteiger partial charge in [0.2, 0.25) is 0 Å². The Labute approximate surface area is 385 Å². The monoisotopic (exact) mass is 839 g/mol. The second-order valence-electron chi connectivity index (χ2n) is 16.1. The Morgan fingerprint density at radius 3 is 1.52 bits per heavy atom.